The van der Waals surface area contributed by atoms with E-state index in [2.05, 4.69) is 41.4 Å². The van der Waals surface area contributed by atoms with Gasteiger partial charge in [0.25, 0.3) is 0 Å². The molecule has 3 rings (SSSR count). The van der Waals surface area contributed by atoms with Crippen LogP contribution >= 0.6 is 0 Å². The standard InChI is InChI=1S/C19H22N4O2/c1-19(2,3)16-12-25-17(23-16)11-22-18(24)21-10-13-6-7-15-14(9-13)5-4-8-20-15/h4-9,12H,10-11H2,1-3H3,(H2,21,22,24). The van der Waals surface area contributed by atoms with E-state index in [0.29, 0.717) is 12.4 Å². The van der Waals surface area contributed by atoms with Gasteiger partial charge in [-0.05, 0) is 23.8 Å². The highest BCUT2D eigenvalue weighted by Crippen LogP contribution is 2.20. The molecular weight excluding hydrogens is 316 g/mol. The van der Waals surface area contributed by atoms with Crippen LogP contribution in [0, 0.1) is 0 Å². The second kappa shape index (κ2) is 6.93. The van der Waals surface area contributed by atoms with E-state index in [0.717, 1.165) is 22.2 Å². The Kier molecular flexibility index (Phi) is 4.70. The summed E-state index contributed by atoms with van der Waals surface area (Å²) in [6.45, 7) is 6.88. The average Bonchev–Trinajstić information content (AvgIpc) is 3.07. The molecule has 0 bridgehead atoms. The van der Waals surface area contributed by atoms with Crippen LogP contribution < -0.4 is 10.6 Å². The van der Waals surface area contributed by atoms with Crippen LogP contribution in [0.25, 0.3) is 10.9 Å². The molecule has 0 unspecified atom stereocenters. The van der Waals surface area contributed by atoms with E-state index in [1.54, 1.807) is 12.5 Å². The Morgan fingerprint density at radius 1 is 1.16 bits per heavy atom. The number of nitrogens with one attached hydrogen (secondary N) is 2. The molecule has 0 saturated carbocycles. The molecule has 0 aliphatic heterocycles. The van der Waals surface area contributed by atoms with Gasteiger partial charge in [-0.3, -0.25) is 4.98 Å². The molecule has 6 nitrogen and oxygen atoms in total. The Hall–Kier alpha value is -2.89. The third-order valence-corrected chi connectivity index (χ3v) is 3.84. The average molecular weight is 338 g/mol. The molecule has 25 heavy (non-hydrogen) atoms. The van der Waals surface area contributed by atoms with E-state index in [-0.39, 0.29) is 18.0 Å². The highest BCUT2D eigenvalue weighted by molar-refractivity contribution is 5.79. The van der Waals surface area contributed by atoms with Crippen LogP contribution in [0.3, 0.4) is 0 Å². The normalized spacial score (nSPS) is 11.5. The van der Waals surface area contributed by atoms with E-state index >= 15 is 0 Å². The molecule has 0 radical (unpaired) electrons. The lowest BCUT2D eigenvalue weighted by Gasteiger charge is -2.13. The van der Waals surface area contributed by atoms with Gasteiger partial charge in [0, 0.05) is 23.5 Å². The molecule has 3 aromatic rings. The summed E-state index contributed by atoms with van der Waals surface area (Å²) in [5, 5.41) is 6.64. The Morgan fingerprint density at radius 3 is 2.72 bits per heavy atom. The number of rotatable bonds is 4. The van der Waals surface area contributed by atoms with Gasteiger partial charge in [0.2, 0.25) is 5.89 Å². The first-order valence-electron chi connectivity index (χ1n) is 8.22. The smallest absolute Gasteiger partial charge is 0.315 e. The third kappa shape index (κ3) is 4.35. The van der Waals surface area contributed by atoms with Gasteiger partial charge in [-0.15, -0.1) is 0 Å². The van der Waals surface area contributed by atoms with E-state index < -0.39 is 0 Å². The number of urea groups is 1. The van der Waals surface area contributed by atoms with Crippen molar-refractivity contribution in [1.82, 2.24) is 20.6 Å². The highest BCUT2D eigenvalue weighted by atomic mass is 16.3. The molecule has 2 aromatic heterocycles. The van der Waals surface area contributed by atoms with Gasteiger partial charge in [0.1, 0.15) is 6.26 Å². The number of hydrogen-bond acceptors (Lipinski definition) is 4. The molecule has 0 spiro atoms. The fourth-order valence-electron chi connectivity index (χ4n) is 2.37. The summed E-state index contributed by atoms with van der Waals surface area (Å²) in [4.78, 5) is 20.6. The second-order valence-corrected chi connectivity index (χ2v) is 6.94. The van der Waals surface area contributed by atoms with Crippen LogP contribution in [0.1, 0.15) is 37.9 Å². The van der Waals surface area contributed by atoms with Gasteiger partial charge in [0.05, 0.1) is 17.8 Å². The van der Waals surface area contributed by atoms with Crippen molar-refractivity contribution in [3.63, 3.8) is 0 Å². The maximum absolute atomic E-state index is 12.0. The number of pyridine rings is 1. The number of carbonyl (C=O) groups is 1. The van der Waals surface area contributed by atoms with Gasteiger partial charge in [-0.1, -0.05) is 32.9 Å². The van der Waals surface area contributed by atoms with Gasteiger partial charge in [-0.25, -0.2) is 9.78 Å². The first-order chi connectivity index (χ1) is 11.9. The molecule has 2 amide bonds. The largest absolute Gasteiger partial charge is 0.447 e. The molecule has 1 aromatic carbocycles. The monoisotopic (exact) mass is 338 g/mol. The maximum atomic E-state index is 12.0. The molecule has 0 fully saturated rings. The van der Waals surface area contributed by atoms with Crippen LogP contribution in [0.15, 0.2) is 47.2 Å². The minimum Gasteiger partial charge on any atom is -0.447 e. The number of nitrogens with zero attached hydrogens (tertiary/aromatic N) is 2. The summed E-state index contributed by atoms with van der Waals surface area (Å²) < 4.78 is 5.39. The first kappa shape index (κ1) is 17.0. The summed E-state index contributed by atoms with van der Waals surface area (Å²) in [6.07, 6.45) is 3.40. The molecule has 0 atom stereocenters. The van der Waals surface area contributed by atoms with Crippen molar-refractivity contribution in [2.45, 2.75) is 39.3 Å². The molecule has 2 heterocycles. The quantitative estimate of drug-likeness (QED) is 0.763. The minimum atomic E-state index is -0.262. The fourth-order valence-corrected chi connectivity index (χ4v) is 2.37. The summed E-state index contributed by atoms with van der Waals surface area (Å²) in [6, 6.07) is 9.56. The van der Waals surface area contributed by atoms with Gasteiger partial charge in [0.15, 0.2) is 0 Å². The van der Waals surface area contributed by atoms with Gasteiger partial charge < -0.3 is 15.1 Å². The Balaban J connectivity index is 1.51. The molecule has 0 aliphatic rings. The summed E-state index contributed by atoms with van der Waals surface area (Å²) >= 11 is 0. The highest BCUT2D eigenvalue weighted by Gasteiger charge is 2.18. The first-order valence-corrected chi connectivity index (χ1v) is 8.22. The van der Waals surface area contributed by atoms with E-state index in [4.69, 9.17) is 4.42 Å². The van der Waals surface area contributed by atoms with Crippen molar-refractivity contribution in [3.8, 4) is 0 Å². The zero-order valence-electron chi connectivity index (χ0n) is 14.7. The van der Waals surface area contributed by atoms with Crippen LogP contribution in [0.4, 0.5) is 4.79 Å². The zero-order chi connectivity index (χ0) is 17.9. The van der Waals surface area contributed by atoms with Crippen molar-refractivity contribution >= 4 is 16.9 Å². The van der Waals surface area contributed by atoms with Crippen LogP contribution in [0.5, 0.6) is 0 Å². The predicted octanol–water partition coefficient (Wildman–Crippen LogP) is 3.52. The lowest BCUT2D eigenvalue weighted by molar-refractivity contribution is 0.239. The number of carbonyl (C=O) groups excluding carboxylic acids is 1. The van der Waals surface area contributed by atoms with Crippen molar-refractivity contribution < 1.29 is 9.21 Å². The van der Waals surface area contributed by atoms with E-state index in [9.17, 15) is 4.79 Å². The summed E-state index contributed by atoms with van der Waals surface area (Å²) in [5.41, 5.74) is 2.75. The molecule has 0 saturated heterocycles. The van der Waals surface area contributed by atoms with Crippen molar-refractivity contribution in [3.05, 3.63) is 59.9 Å². The third-order valence-electron chi connectivity index (χ3n) is 3.84. The summed E-state index contributed by atoms with van der Waals surface area (Å²) in [7, 11) is 0. The number of oxazole rings is 1. The SMILES string of the molecule is CC(C)(C)c1coc(CNC(=O)NCc2ccc3ncccc3c2)n1. The van der Waals surface area contributed by atoms with E-state index in [1.807, 2.05) is 30.3 Å². The van der Waals surface area contributed by atoms with E-state index in [1.165, 1.54) is 0 Å². The number of benzene rings is 1. The fraction of sp³-hybridized carbons (Fsp3) is 0.316. The number of aromatic nitrogens is 2. The topological polar surface area (TPSA) is 80.0 Å². The second-order valence-electron chi connectivity index (χ2n) is 6.94. The predicted molar refractivity (Wildman–Crippen MR) is 96.0 cm³/mol. The molecule has 130 valence electrons. The van der Waals surface area contributed by atoms with Crippen molar-refractivity contribution in [2.75, 3.05) is 0 Å². The van der Waals surface area contributed by atoms with Crippen molar-refractivity contribution in [2.24, 2.45) is 0 Å². The molecule has 2 N–H and O–H groups in total. The van der Waals surface area contributed by atoms with Crippen LogP contribution in [-0.2, 0) is 18.5 Å². The zero-order valence-corrected chi connectivity index (χ0v) is 14.7. The lowest BCUT2D eigenvalue weighted by atomic mass is 9.93. The van der Waals surface area contributed by atoms with Gasteiger partial charge in [-0.2, -0.15) is 0 Å². The molecule has 6 heteroatoms. The van der Waals surface area contributed by atoms with Crippen LogP contribution in [-0.4, -0.2) is 16.0 Å². The molecule has 0 aliphatic carbocycles. The van der Waals surface area contributed by atoms with Crippen LogP contribution in [0.2, 0.25) is 0 Å². The molecular formula is C19H22N4O2. The number of amides is 2. The minimum absolute atomic E-state index is 0.0745. The Labute approximate surface area is 146 Å². The number of hydrogen-bond donors (Lipinski definition) is 2. The maximum Gasteiger partial charge on any atom is 0.315 e. The Bertz CT molecular complexity index is 880. The lowest BCUT2D eigenvalue weighted by Crippen LogP contribution is -2.34. The van der Waals surface area contributed by atoms with Gasteiger partial charge >= 0.3 is 6.03 Å². The number of fused-ring (bicyclic) bond motifs is 1. The van der Waals surface area contributed by atoms with Crippen molar-refractivity contribution in [1.29, 1.82) is 0 Å². The Morgan fingerprint density at radius 2 is 1.96 bits per heavy atom. The summed E-state index contributed by atoms with van der Waals surface area (Å²) in [5.74, 6) is 0.497.